The number of halogens is 1. The first-order valence-corrected chi connectivity index (χ1v) is 15.4. The number of pyridine rings is 1. The quantitative estimate of drug-likeness (QED) is 0.319. The van der Waals surface area contributed by atoms with Crippen molar-refractivity contribution < 1.29 is 0 Å². The third kappa shape index (κ3) is 5.06. The first kappa shape index (κ1) is 26.6. The zero-order valence-electron chi connectivity index (χ0n) is 23.4. The van der Waals surface area contributed by atoms with Gasteiger partial charge in [0.1, 0.15) is 0 Å². The van der Waals surface area contributed by atoms with Gasteiger partial charge in [0.25, 0.3) is 0 Å². The largest absolute Gasteiger partial charge is 0.370 e. The van der Waals surface area contributed by atoms with E-state index in [4.69, 9.17) is 28.8 Å². The van der Waals surface area contributed by atoms with E-state index < -0.39 is 0 Å². The van der Waals surface area contributed by atoms with Crippen molar-refractivity contribution in [3.8, 4) is 0 Å². The molecule has 6 rings (SSSR count). The molecular weight excluding hydrogens is 522 g/mol. The van der Waals surface area contributed by atoms with Crippen LogP contribution in [0, 0.1) is 19.8 Å². The van der Waals surface area contributed by atoms with E-state index in [1.54, 1.807) is 0 Å². The Morgan fingerprint density at radius 1 is 0.974 bits per heavy atom. The highest BCUT2D eigenvalue weighted by atomic mass is 35.5. The number of thiocarbonyl (C=S) groups is 1. The average Bonchev–Trinajstić information content (AvgIpc) is 3.45. The van der Waals surface area contributed by atoms with Crippen molar-refractivity contribution in [2.24, 2.45) is 5.92 Å². The van der Waals surface area contributed by atoms with Crippen molar-refractivity contribution in [2.45, 2.75) is 83.8 Å². The van der Waals surface area contributed by atoms with Crippen molar-refractivity contribution >= 4 is 40.3 Å². The minimum absolute atomic E-state index is 0.0197. The summed E-state index contributed by atoms with van der Waals surface area (Å²) in [6.45, 7) is 9.01. The van der Waals surface area contributed by atoms with Gasteiger partial charge in [-0.05, 0) is 99.6 Å². The van der Waals surface area contributed by atoms with Gasteiger partial charge in [-0.15, -0.1) is 0 Å². The molecule has 7 heteroatoms. The number of rotatable bonds is 5. The molecule has 39 heavy (non-hydrogen) atoms. The summed E-state index contributed by atoms with van der Waals surface area (Å²) >= 11 is 13.0. The van der Waals surface area contributed by atoms with Gasteiger partial charge in [0, 0.05) is 42.4 Å². The SMILES string of the molecule is Cc1cc([C@H]2[C@@H](c3ccccn3)NC(=S)N2c2ccc(N3CCC(C)CC3)c(Cl)c2)c(C)n1C1CCCCC1. The molecule has 2 atom stereocenters. The van der Waals surface area contributed by atoms with Crippen molar-refractivity contribution in [3.05, 3.63) is 76.3 Å². The Hall–Kier alpha value is -2.57. The molecule has 5 nitrogen and oxygen atoms in total. The number of hydrogen-bond donors (Lipinski definition) is 1. The van der Waals surface area contributed by atoms with E-state index in [2.05, 4.69) is 76.9 Å². The maximum absolute atomic E-state index is 6.99. The molecule has 0 amide bonds. The Kier molecular flexibility index (Phi) is 7.60. The number of hydrogen-bond acceptors (Lipinski definition) is 3. The van der Waals surface area contributed by atoms with Crippen LogP contribution in [0.3, 0.4) is 0 Å². The smallest absolute Gasteiger partial charge is 0.174 e. The van der Waals surface area contributed by atoms with E-state index in [9.17, 15) is 0 Å². The summed E-state index contributed by atoms with van der Waals surface area (Å²) in [5.74, 6) is 0.782. The van der Waals surface area contributed by atoms with E-state index in [0.717, 1.165) is 41.1 Å². The first-order valence-electron chi connectivity index (χ1n) is 14.7. The molecule has 0 bridgehead atoms. The summed E-state index contributed by atoms with van der Waals surface area (Å²) in [5.41, 5.74) is 7.13. The van der Waals surface area contributed by atoms with Gasteiger partial charge >= 0.3 is 0 Å². The van der Waals surface area contributed by atoms with Crippen LogP contribution < -0.4 is 15.1 Å². The maximum atomic E-state index is 6.99. The fourth-order valence-corrected chi connectivity index (χ4v) is 7.74. The van der Waals surface area contributed by atoms with Gasteiger partial charge in [0.05, 0.1) is 28.5 Å². The van der Waals surface area contributed by atoms with Gasteiger partial charge in [-0.2, -0.15) is 0 Å². The van der Waals surface area contributed by atoms with Crippen molar-refractivity contribution in [1.29, 1.82) is 0 Å². The second-order valence-electron chi connectivity index (χ2n) is 11.8. The van der Waals surface area contributed by atoms with Crippen LogP contribution >= 0.6 is 23.8 Å². The fourth-order valence-electron chi connectivity index (χ4n) is 7.10. The molecule has 0 radical (unpaired) electrons. The molecule has 2 saturated heterocycles. The lowest BCUT2D eigenvalue weighted by atomic mass is 9.94. The molecule has 0 spiro atoms. The molecule has 4 heterocycles. The molecule has 1 aromatic carbocycles. The van der Waals surface area contributed by atoms with Gasteiger partial charge < -0.3 is 19.7 Å². The Morgan fingerprint density at radius 3 is 2.44 bits per heavy atom. The Morgan fingerprint density at radius 2 is 1.74 bits per heavy atom. The minimum Gasteiger partial charge on any atom is -0.370 e. The maximum Gasteiger partial charge on any atom is 0.174 e. The minimum atomic E-state index is -0.0546. The number of nitrogens with one attached hydrogen (secondary N) is 1. The van der Waals surface area contributed by atoms with Crippen LogP contribution in [0.1, 0.15) is 92.6 Å². The van der Waals surface area contributed by atoms with Crippen molar-refractivity contribution in [3.63, 3.8) is 0 Å². The third-order valence-corrected chi connectivity index (χ3v) is 9.83. The normalized spacial score (nSPS) is 22.9. The van der Waals surface area contributed by atoms with Gasteiger partial charge in [-0.3, -0.25) is 4.98 Å². The highest BCUT2D eigenvalue weighted by Gasteiger charge is 2.42. The fraction of sp³-hybridized carbons (Fsp3) is 0.500. The second kappa shape index (κ2) is 11.1. The van der Waals surface area contributed by atoms with Crippen LogP contribution in [-0.4, -0.2) is 27.8 Å². The second-order valence-corrected chi connectivity index (χ2v) is 12.6. The van der Waals surface area contributed by atoms with Crippen LogP contribution in [0.15, 0.2) is 48.7 Å². The molecule has 1 aliphatic carbocycles. The molecule has 0 unspecified atom stereocenters. The first-order chi connectivity index (χ1) is 18.9. The average molecular weight is 562 g/mol. The molecule has 3 fully saturated rings. The summed E-state index contributed by atoms with van der Waals surface area (Å²) in [5, 5.41) is 5.14. The van der Waals surface area contributed by atoms with E-state index in [1.807, 2.05) is 12.3 Å². The summed E-state index contributed by atoms with van der Waals surface area (Å²) in [6, 6.07) is 15.5. The van der Waals surface area contributed by atoms with Gasteiger partial charge in [0.2, 0.25) is 0 Å². The molecule has 3 aromatic rings. The van der Waals surface area contributed by atoms with Gasteiger partial charge in [-0.1, -0.05) is 43.9 Å². The number of piperidine rings is 1. The molecule has 206 valence electrons. The predicted octanol–water partition coefficient (Wildman–Crippen LogP) is 8.07. The highest BCUT2D eigenvalue weighted by Crippen LogP contribution is 2.46. The lowest BCUT2D eigenvalue weighted by Gasteiger charge is -2.33. The summed E-state index contributed by atoms with van der Waals surface area (Å²) < 4.78 is 2.59. The van der Waals surface area contributed by atoms with Crippen LogP contribution in [0.2, 0.25) is 5.02 Å². The summed E-state index contributed by atoms with van der Waals surface area (Å²) in [6.07, 6.45) is 10.8. The monoisotopic (exact) mass is 561 g/mol. The number of anilines is 2. The lowest BCUT2D eigenvalue weighted by molar-refractivity contribution is 0.345. The van der Waals surface area contributed by atoms with E-state index in [1.165, 1.54) is 61.9 Å². The highest BCUT2D eigenvalue weighted by molar-refractivity contribution is 7.80. The van der Waals surface area contributed by atoms with Crippen LogP contribution in [-0.2, 0) is 0 Å². The van der Waals surface area contributed by atoms with Crippen molar-refractivity contribution in [2.75, 3.05) is 22.9 Å². The molecule has 1 saturated carbocycles. The number of benzene rings is 1. The van der Waals surface area contributed by atoms with Gasteiger partial charge in [-0.25, -0.2) is 0 Å². The molecule has 2 aromatic heterocycles. The topological polar surface area (TPSA) is 36.3 Å². The van der Waals surface area contributed by atoms with E-state index in [0.29, 0.717) is 11.2 Å². The summed E-state index contributed by atoms with van der Waals surface area (Å²) in [7, 11) is 0. The number of nitrogens with zero attached hydrogens (tertiary/aromatic N) is 4. The molecular formula is C32H40ClN5S. The molecule has 3 aliphatic rings. The molecule has 2 aliphatic heterocycles. The van der Waals surface area contributed by atoms with Crippen LogP contribution in [0.4, 0.5) is 11.4 Å². The van der Waals surface area contributed by atoms with Crippen LogP contribution in [0.5, 0.6) is 0 Å². The molecule has 1 N–H and O–H groups in total. The lowest BCUT2D eigenvalue weighted by Crippen LogP contribution is -2.33. The Balaban J connectivity index is 1.40. The standard InChI is InChI=1S/C32H40ClN5S/c1-21-14-17-36(18-15-21)29-13-12-25(20-27(29)33)38-31(30(35-32(38)39)28-11-7-8-16-34-28)26-19-22(2)37(23(26)3)24-9-5-4-6-10-24/h7-8,11-13,16,19-21,24,30-31H,4-6,9-10,14-15,17-18H2,1-3H3,(H,35,39)/t30-,31+/m1/s1. The van der Waals surface area contributed by atoms with Crippen molar-refractivity contribution in [1.82, 2.24) is 14.9 Å². The van der Waals surface area contributed by atoms with Crippen LogP contribution in [0.25, 0.3) is 0 Å². The number of aryl methyl sites for hydroxylation is 1. The predicted molar refractivity (Wildman–Crippen MR) is 166 cm³/mol. The zero-order chi connectivity index (χ0) is 27.1. The van der Waals surface area contributed by atoms with E-state index in [-0.39, 0.29) is 12.1 Å². The van der Waals surface area contributed by atoms with Gasteiger partial charge in [0.15, 0.2) is 5.11 Å². The third-order valence-electron chi connectivity index (χ3n) is 9.21. The van der Waals surface area contributed by atoms with E-state index >= 15 is 0 Å². The number of aromatic nitrogens is 2. The Labute approximate surface area is 243 Å². The zero-order valence-corrected chi connectivity index (χ0v) is 24.9. The Bertz CT molecular complexity index is 1320. The summed E-state index contributed by atoms with van der Waals surface area (Å²) in [4.78, 5) is 9.46.